The van der Waals surface area contributed by atoms with Crippen molar-refractivity contribution in [1.82, 2.24) is 0 Å². The Kier molecular flexibility index (Phi) is 8.93. The quantitative estimate of drug-likeness (QED) is 0.167. The van der Waals surface area contributed by atoms with Crippen LogP contribution in [-0.2, 0) is 0 Å². The van der Waals surface area contributed by atoms with Gasteiger partial charge in [0, 0.05) is 0 Å². The standard InChI is InChI=1S/C12F27P/c13-1(14,7(25,26)27)4(19,20)10(34,35)40(11(36,37)5(21,22)2(15,16)8(28,29)30)12(38,39)6(23,24)3(17,18)9(31,32)33. The zero-order valence-corrected chi connectivity index (χ0v) is 17.5. The summed E-state index contributed by atoms with van der Waals surface area (Å²) in [6.45, 7) is 0. The minimum atomic E-state index is -9.78. The second kappa shape index (κ2) is 9.27. The van der Waals surface area contributed by atoms with Crippen molar-refractivity contribution in [3.63, 3.8) is 0 Å². The van der Waals surface area contributed by atoms with Gasteiger partial charge in [0.2, 0.25) is 0 Å². The Hall–Kier alpha value is -1.46. The summed E-state index contributed by atoms with van der Waals surface area (Å²) in [7, 11) is -9.78. The largest absolute Gasteiger partial charge is 0.460 e. The molecule has 0 nitrogen and oxygen atoms in total. The van der Waals surface area contributed by atoms with Crippen molar-refractivity contribution in [3.05, 3.63) is 0 Å². The van der Waals surface area contributed by atoms with Gasteiger partial charge in [-0.3, -0.25) is 0 Å². The first-order valence-corrected chi connectivity index (χ1v) is 9.36. The van der Waals surface area contributed by atoms with Gasteiger partial charge in [-0.05, 0) is 0 Å². The van der Waals surface area contributed by atoms with Crippen LogP contribution in [0.2, 0.25) is 0 Å². The first kappa shape index (κ1) is 38.5. The number of halogens is 27. The van der Waals surface area contributed by atoms with E-state index >= 15 is 0 Å². The molecular formula is C12F27P. The van der Waals surface area contributed by atoms with Crippen LogP contribution >= 0.6 is 7.92 Å². The van der Waals surface area contributed by atoms with Gasteiger partial charge in [0.1, 0.15) is 7.92 Å². The minimum absolute atomic E-state index is 8.40. The molecular weight excluding hydrogens is 688 g/mol. The Morgan fingerprint density at radius 2 is 0.325 bits per heavy atom. The van der Waals surface area contributed by atoms with Gasteiger partial charge in [-0.1, -0.05) is 0 Å². The van der Waals surface area contributed by atoms with Gasteiger partial charge in [-0.25, -0.2) is 0 Å². The van der Waals surface area contributed by atoms with Crippen LogP contribution in [0.3, 0.4) is 0 Å². The lowest BCUT2D eigenvalue weighted by molar-refractivity contribution is -0.397. The molecule has 0 amide bonds. The molecule has 28 heteroatoms. The Bertz CT molecular complexity index is 792. The SMILES string of the molecule is FC(F)(F)C(F)(F)C(F)(F)C(F)(F)P(C(F)(F)C(F)(F)C(F)(F)C(F)(F)F)C(F)(F)C(F)(F)C(F)(F)C(F)(F)F. The normalized spacial score (nSPS) is 17.1. The molecule has 0 atom stereocenters. The predicted molar refractivity (Wildman–Crippen MR) is 69.6 cm³/mol. The summed E-state index contributed by atoms with van der Waals surface area (Å²) in [5.74, 6) is -54.9. The average molecular weight is 688 g/mol. The molecule has 40 heavy (non-hydrogen) atoms. The molecule has 0 fully saturated rings. The van der Waals surface area contributed by atoms with Crippen LogP contribution in [0.15, 0.2) is 0 Å². The van der Waals surface area contributed by atoms with E-state index in [9.17, 15) is 119 Å². The summed E-state index contributed by atoms with van der Waals surface area (Å²) in [6.07, 6.45) is -25.2. The highest BCUT2D eigenvalue weighted by Gasteiger charge is 2.97. The Balaban J connectivity index is 8.21. The fourth-order valence-corrected chi connectivity index (χ4v) is 4.37. The molecule has 0 spiro atoms. The number of hydrogen-bond donors (Lipinski definition) is 0. The maximum Gasteiger partial charge on any atom is 0.460 e. The van der Waals surface area contributed by atoms with Gasteiger partial charge in [-0.15, -0.1) is 0 Å². The van der Waals surface area contributed by atoms with Crippen molar-refractivity contribution in [2.24, 2.45) is 0 Å². The third kappa shape index (κ3) is 4.85. The van der Waals surface area contributed by atoms with Gasteiger partial charge in [0.15, 0.2) is 0 Å². The third-order valence-electron chi connectivity index (χ3n) is 4.23. The second-order valence-electron chi connectivity index (χ2n) is 6.90. The van der Waals surface area contributed by atoms with E-state index in [0.29, 0.717) is 0 Å². The van der Waals surface area contributed by atoms with Crippen LogP contribution < -0.4 is 0 Å². The maximum absolute atomic E-state index is 13.9. The predicted octanol–water partition coefficient (Wildman–Crippen LogP) is 9.75. The molecule has 0 saturated carbocycles. The molecule has 0 N–H and O–H groups in total. The van der Waals surface area contributed by atoms with E-state index < -0.39 is 79.0 Å². The highest BCUT2D eigenvalue weighted by atomic mass is 31.1. The summed E-state index contributed by atoms with van der Waals surface area (Å²) in [5.41, 5.74) is -28.7. The highest BCUT2D eigenvalue weighted by molar-refractivity contribution is 7.61. The highest BCUT2D eigenvalue weighted by Crippen LogP contribution is 2.83. The van der Waals surface area contributed by atoms with E-state index in [4.69, 9.17) is 0 Å². The van der Waals surface area contributed by atoms with E-state index in [1.807, 2.05) is 0 Å². The number of rotatable bonds is 9. The number of hydrogen-bond acceptors (Lipinski definition) is 0. The van der Waals surface area contributed by atoms with E-state index in [1.54, 1.807) is 0 Å². The molecule has 0 aromatic heterocycles. The fraction of sp³-hybridized carbons (Fsp3) is 1.00. The van der Waals surface area contributed by atoms with Crippen LogP contribution in [0.25, 0.3) is 0 Å². The van der Waals surface area contributed by atoms with Crippen molar-refractivity contribution in [2.45, 2.75) is 71.1 Å². The zero-order chi connectivity index (χ0) is 33.6. The van der Waals surface area contributed by atoms with Crippen molar-refractivity contribution >= 4 is 7.92 Å². The molecule has 0 rings (SSSR count). The van der Waals surface area contributed by atoms with Gasteiger partial charge in [0.05, 0.1) is 0 Å². The average Bonchev–Trinajstić information content (AvgIpc) is 2.63. The Morgan fingerprint density at radius 1 is 0.200 bits per heavy atom. The molecule has 0 aliphatic carbocycles. The lowest BCUT2D eigenvalue weighted by atomic mass is 10.1. The van der Waals surface area contributed by atoms with Crippen LogP contribution in [0, 0.1) is 0 Å². The Morgan fingerprint density at radius 3 is 0.425 bits per heavy atom. The first-order chi connectivity index (χ1) is 16.6. The molecule has 0 aromatic rings. The van der Waals surface area contributed by atoms with Crippen molar-refractivity contribution in [3.8, 4) is 0 Å². The molecule has 0 aliphatic heterocycles. The van der Waals surface area contributed by atoms with E-state index in [-0.39, 0.29) is 0 Å². The van der Waals surface area contributed by atoms with Crippen LogP contribution in [0.5, 0.6) is 0 Å². The monoisotopic (exact) mass is 688 g/mol. The summed E-state index contributed by atoms with van der Waals surface area (Å²) in [4.78, 5) is 0. The van der Waals surface area contributed by atoms with Gasteiger partial charge in [-0.2, -0.15) is 119 Å². The van der Waals surface area contributed by atoms with Crippen LogP contribution in [0.4, 0.5) is 119 Å². The van der Waals surface area contributed by atoms with Crippen molar-refractivity contribution < 1.29 is 119 Å². The topological polar surface area (TPSA) is 0 Å². The van der Waals surface area contributed by atoms with E-state index in [0.717, 1.165) is 0 Å². The first-order valence-electron chi connectivity index (χ1n) is 8.02. The smallest absolute Gasteiger partial charge is 0.194 e. The van der Waals surface area contributed by atoms with Crippen molar-refractivity contribution in [2.75, 3.05) is 0 Å². The van der Waals surface area contributed by atoms with E-state index in [2.05, 4.69) is 0 Å². The minimum Gasteiger partial charge on any atom is -0.194 e. The molecule has 0 saturated heterocycles. The van der Waals surface area contributed by atoms with Gasteiger partial charge < -0.3 is 0 Å². The molecule has 0 heterocycles. The van der Waals surface area contributed by atoms with Gasteiger partial charge in [0.25, 0.3) is 0 Å². The molecule has 242 valence electrons. The third-order valence-corrected chi connectivity index (χ3v) is 6.75. The summed E-state index contributed by atoms with van der Waals surface area (Å²) < 4.78 is 351. The summed E-state index contributed by atoms with van der Waals surface area (Å²) >= 11 is 0. The summed E-state index contributed by atoms with van der Waals surface area (Å²) in [5, 5.41) is 0. The van der Waals surface area contributed by atoms with Crippen molar-refractivity contribution in [1.29, 1.82) is 0 Å². The molecule has 0 aromatic carbocycles. The van der Waals surface area contributed by atoms with E-state index in [1.165, 1.54) is 0 Å². The zero-order valence-electron chi connectivity index (χ0n) is 16.7. The summed E-state index contributed by atoms with van der Waals surface area (Å²) in [6, 6.07) is 0. The van der Waals surface area contributed by atoms with Gasteiger partial charge >= 0.3 is 71.1 Å². The van der Waals surface area contributed by atoms with Crippen LogP contribution in [-0.4, -0.2) is 71.1 Å². The molecule has 0 bridgehead atoms. The fourth-order valence-electron chi connectivity index (χ4n) is 2.05. The van der Waals surface area contributed by atoms with Crippen LogP contribution in [0.1, 0.15) is 0 Å². The Labute approximate surface area is 199 Å². The second-order valence-corrected chi connectivity index (χ2v) is 9.25. The maximum atomic E-state index is 13.9. The molecule has 0 unspecified atom stereocenters. The number of alkyl halides is 27. The molecule has 0 aliphatic rings. The lowest BCUT2D eigenvalue weighted by Gasteiger charge is -2.47. The lowest BCUT2D eigenvalue weighted by Crippen LogP contribution is -2.69. The molecule has 0 radical (unpaired) electrons.